The lowest BCUT2D eigenvalue weighted by molar-refractivity contribution is -0.187. The topological polar surface area (TPSA) is 116 Å². The molecule has 2 aliphatic heterocycles. The van der Waals surface area contributed by atoms with Gasteiger partial charge in [-0.3, -0.25) is 9.52 Å². The Morgan fingerprint density at radius 1 is 1.35 bits per heavy atom. The minimum Gasteiger partial charge on any atom is -0.347 e. The average molecular weight is 345 g/mol. The lowest BCUT2D eigenvalue weighted by Gasteiger charge is -2.37. The molecule has 0 saturated carbocycles. The van der Waals surface area contributed by atoms with E-state index in [0.29, 0.717) is 39.1 Å². The van der Waals surface area contributed by atoms with Crippen LogP contribution in [0.4, 0.5) is 5.82 Å². The van der Waals surface area contributed by atoms with Crippen molar-refractivity contribution >= 4 is 21.7 Å². The van der Waals surface area contributed by atoms with Crippen LogP contribution in [0.2, 0.25) is 0 Å². The number of hydrogen-bond acceptors (Lipinski definition) is 7. The number of hydrogen-bond donors (Lipinski definition) is 1. The number of amides is 1. The van der Waals surface area contributed by atoms with Crippen molar-refractivity contribution in [3.63, 3.8) is 0 Å². The first kappa shape index (κ1) is 16.1. The van der Waals surface area contributed by atoms with Gasteiger partial charge in [-0.1, -0.05) is 5.21 Å². The Morgan fingerprint density at radius 3 is 2.61 bits per heavy atom. The highest BCUT2D eigenvalue weighted by Crippen LogP contribution is 2.31. The summed E-state index contributed by atoms with van der Waals surface area (Å²) in [4.78, 5) is 14.0. The number of aromatic nitrogens is 3. The Hall–Kier alpha value is -1.72. The third-order valence-corrected chi connectivity index (χ3v) is 4.40. The summed E-state index contributed by atoms with van der Waals surface area (Å²) in [6, 6.07) is 0. The lowest BCUT2D eigenvalue weighted by Crippen LogP contribution is -2.48. The molecule has 0 atom stereocenters. The van der Waals surface area contributed by atoms with E-state index < -0.39 is 15.8 Å². The van der Waals surface area contributed by atoms with Crippen molar-refractivity contribution in [2.45, 2.75) is 25.2 Å². The summed E-state index contributed by atoms with van der Waals surface area (Å²) in [5.41, 5.74) is 0. The number of nitrogens with one attached hydrogen (secondary N) is 1. The highest BCUT2D eigenvalue weighted by Gasteiger charge is 2.40. The van der Waals surface area contributed by atoms with Crippen molar-refractivity contribution in [3.8, 4) is 0 Å². The molecule has 3 rings (SSSR count). The van der Waals surface area contributed by atoms with Crippen molar-refractivity contribution < 1.29 is 22.7 Å². The second-order valence-electron chi connectivity index (χ2n) is 5.66. The fourth-order valence-electron chi connectivity index (χ4n) is 2.73. The predicted molar refractivity (Wildman–Crippen MR) is 78.9 cm³/mol. The average Bonchev–Trinajstić information content (AvgIpc) is 3.08. The van der Waals surface area contributed by atoms with Crippen molar-refractivity contribution in [2.75, 3.05) is 37.3 Å². The zero-order valence-electron chi connectivity index (χ0n) is 12.8. The van der Waals surface area contributed by atoms with Crippen LogP contribution in [0.1, 0.15) is 12.8 Å². The number of carbonyl (C=O) groups is 1. The van der Waals surface area contributed by atoms with Gasteiger partial charge in [-0.15, -0.1) is 5.10 Å². The summed E-state index contributed by atoms with van der Waals surface area (Å²) in [7, 11) is -3.41. The first-order valence-corrected chi connectivity index (χ1v) is 9.18. The molecule has 0 aromatic carbocycles. The SMILES string of the molecule is CS(=O)(=O)Nc1cn(CC(=O)N2CCC3(CC2)OCCO3)nn1. The van der Waals surface area contributed by atoms with Gasteiger partial charge in [-0.2, -0.15) is 0 Å². The van der Waals surface area contributed by atoms with Crippen molar-refractivity contribution in [1.82, 2.24) is 19.9 Å². The van der Waals surface area contributed by atoms with E-state index in [1.54, 1.807) is 4.90 Å². The lowest BCUT2D eigenvalue weighted by atomic mass is 10.0. The molecule has 0 aliphatic carbocycles. The number of likely N-dealkylation sites (tertiary alicyclic amines) is 1. The number of carbonyl (C=O) groups excluding carboxylic acids is 1. The van der Waals surface area contributed by atoms with Crippen LogP contribution in [0.15, 0.2) is 6.20 Å². The summed E-state index contributed by atoms with van der Waals surface area (Å²) in [6.45, 7) is 2.32. The summed E-state index contributed by atoms with van der Waals surface area (Å²) < 4.78 is 37.0. The van der Waals surface area contributed by atoms with Gasteiger partial charge in [-0.25, -0.2) is 13.1 Å². The Balaban J connectivity index is 1.53. The minimum atomic E-state index is -3.41. The normalized spacial score (nSPS) is 20.8. The molecule has 0 bridgehead atoms. The predicted octanol–water partition coefficient (Wildman–Crippen LogP) is -0.985. The van der Waals surface area contributed by atoms with Crippen LogP contribution < -0.4 is 4.72 Å². The highest BCUT2D eigenvalue weighted by atomic mass is 32.2. The van der Waals surface area contributed by atoms with E-state index in [4.69, 9.17) is 9.47 Å². The molecular weight excluding hydrogens is 326 g/mol. The number of sulfonamides is 1. The third-order valence-electron chi connectivity index (χ3n) is 3.82. The van der Waals surface area contributed by atoms with Crippen LogP contribution in [0.3, 0.4) is 0 Å². The molecule has 3 heterocycles. The molecule has 23 heavy (non-hydrogen) atoms. The van der Waals surface area contributed by atoms with E-state index in [-0.39, 0.29) is 18.3 Å². The summed E-state index contributed by atoms with van der Waals surface area (Å²) >= 11 is 0. The van der Waals surface area contributed by atoms with E-state index in [2.05, 4.69) is 15.0 Å². The van der Waals surface area contributed by atoms with Crippen LogP contribution in [-0.4, -0.2) is 72.6 Å². The van der Waals surface area contributed by atoms with Gasteiger partial charge >= 0.3 is 0 Å². The number of rotatable bonds is 4. The molecule has 1 amide bonds. The molecule has 1 N–H and O–H groups in total. The molecule has 128 valence electrons. The molecule has 0 radical (unpaired) electrons. The monoisotopic (exact) mass is 345 g/mol. The molecule has 0 unspecified atom stereocenters. The van der Waals surface area contributed by atoms with Gasteiger partial charge < -0.3 is 14.4 Å². The summed E-state index contributed by atoms with van der Waals surface area (Å²) in [6.07, 6.45) is 3.70. The summed E-state index contributed by atoms with van der Waals surface area (Å²) in [5.74, 6) is -0.532. The summed E-state index contributed by atoms with van der Waals surface area (Å²) in [5, 5.41) is 7.42. The molecule has 1 aromatic rings. The standard InChI is InChI=1S/C12H19N5O5S/c1-23(19,20)14-10-8-17(15-13-10)9-11(18)16-4-2-12(3-5-16)21-6-7-22-12/h8,14H,2-7,9H2,1H3. The fraction of sp³-hybridized carbons (Fsp3) is 0.750. The Kier molecular flexibility index (Phi) is 4.25. The number of ether oxygens (including phenoxy) is 2. The van der Waals surface area contributed by atoms with Gasteiger partial charge in [0.15, 0.2) is 11.6 Å². The van der Waals surface area contributed by atoms with Crippen molar-refractivity contribution in [3.05, 3.63) is 6.20 Å². The zero-order valence-corrected chi connectivity index (χ0v) is 13.6. The van der Waals surface area contributed by atoms with Gasteiger partial charge in [0.1, 0.15) is 6.54 Å². The molecule has 1 aromatic heterocycles. The molecule has 11 heteroatoms. The molecule has 2 aliphatic rings. The van der Waals surface area contributed by atoms with Crippen LogP contribution in [-0.2, 0) is 30.8 Å². The van der Waals surface area contributed by atoms with Gasteiger partial charge in [0.05, 0.1) is 25.7 Å². The van der Waals surface area contributed by atoms with Gasteiger partial charge in [0.2, 0.25) is 15.9 Å². The van der Waals surface area contributed by atoms with Crippen molar-refractivity contribution in [2.24, 2.45) is 0 Å². The molecule has 2 fully saturated rings. The molecule has 2 saturated heterocycles. The second kappa shape index (κ2) is 6.06. The van der Waals surface area contributed by atoms with Crippen molar-refractivity contribution in [1.29, 1.82) is 0 Å². The largest absolute Gasteiger partial charge is 0.347 e. The second-order valence-corrected chi connectivity index (χ2v) is 7.41. The maximum Gasteiger partial charge on any atom is 0.244 e. The van der Waals surface area contributed by atoms with E-state index in [9.17, 15) is 13.2 Å². The van der Waals surface area contributed by atoms with Crippen LogP contribution in [0.25, 0.3) is 0 Å². The number of nitrogens with zero attached hydrogens (tertiary/aromatic N) is 4. The highest BCUT2D eigenvalue weighted by molar-refractivity contribution is 7.92. The van der Waals surface area contributed by atoms with E-state index in [0.717, 1.165) is 6.26 Å². The molecular formula is C12H19N5O5S. The maximum absolute atomic E-state index is 12.3. The first-order chi connectivity index (χ1) is 10.9. The van der Waals surface area contributed by atoms with Gasteiger partial charge in [0, 0.05) is 25.9 Å². The number of anilines is 1. The third kappa shape index (κ3) is 3.98. The number of piperidine rings is 1. The maximum atomic E-state index is 12.3. The van der Waals surface area contributed by atoms with E-state index in [1.807, 2.05) is 0 Å². The van der Waals surface area contributed by atoms with Crippen LogP contribution in [0, 0.1) is 0 Å². The first-order valence-electron chi connectivity index (χ1n) is 7.29. The van der Waals surface area contributed by atoms with Gasteiger partial charge in [0.25, 0.3) is 0 Å². The fourth-order valence-corrected chi connectivity index (χ4v) is 3.21. The molecule has 10 nitrogen and oxygen atoms in total. The smallest absolute Gasteiger partial charge is 0.244 e. The van der Waals surface area contributed by atoms with Crippen LogP contribution in [0.5, 0.6) is 0 Å². The van der Waals surface area contributed by atoms with Gasteiger partial charge in [-0.05, 0) is 0 Å². The molecule has 1 spiro atoms. The van der Waals surface area contributed by atoms with E-state index >= 15 is 0 Å². The quantitative estimate of drug-likeness (QED) is 0.745. The van der Waals surface area contributed by atoms with Crippen LogP contribution >= 0.6 is 0 Å². The Labute approximate surface area is 133 Å². The van der Waals surface area contributed by atoms with E-state index in [1.165, 1.54) is 10.9 Å². The zero-order chi connectivity index (χ0) is 16.5. The minimum absolute atomic E-state index is 0.00710. The Bertz CT molecular complexity index is 672. The Morgan fingerprint density at radius 2 is 2.00 bits per heavy atom.